The molecule has 0 atom stereocenters. The van der Waals surface area contributed by atoms with Crippen LogP contribution in [-0.2, 0) is 0 Å². The minimum atomic E-state index is 0.612. The zero-order chi connectivity index (χ0) is 47.5. The molecule has 14 rings (SSSR count). The Morgan fingerprint density at radius 3 is 1.26 bits per heavy atom. The summed E-state index contributed by atoms with van der Waals surface area (Å²) < 4.78 is 4.78. The van der Waals surface area contributed by atoms with E-state index in [0.29, 0.717) is 17.5 Å². The van der Waals surface area contributed by atoms with Gasteiger partial charge in [0, 0.05) is 49.5 Å². The standard InChI is InChI=1S/C67H43N5/c1-3-17-44(18-4-1)47-21-15-22-48(39-47)49-37-38-55(64(43-49)72-62-31-13-9-27-58(62)59-28-10-14-32-63(59)72)50-35-33-45-34-36-52(41-53(45)40-50)67-69-65(46-19-5-2-6-20-46)68-66(70-67)51-23-16-24-54(42-51)71-60-29-11-7-25-56(60)57-26-8-12-30-61(57)71/h1-43H. The summed E-state index contributed by atoms with van der Waals surface area (Å²) >= 11 is 0. The van der Waals surface area contributed by atoms with Gasteiger partial charge in [0.2, 0.25) is 0 Å². The van der Waals surface area contributed by atoms with E-state index in [1.54, 1.807) is 0 Å². The van der Waals surface area contributed by atoms with Gasteiger partial charge in [-0.05, 0) is 99.3 Å². The van der Waals surface area contributed by atoms with Crippen LogP contribution >= 0.6 is 0 Å². The molecule has 0 bridgehead atoms. The molecule has 0 amide bonds. The Kier molecular flexibility index (Phi) is 9.78. The van der Waals surface area contributed by atoms with Crippen LogP contribution in [0.15, 0.2) is 261 Å². The van der Waals surface area contributed by atoms with Gasteiger partial charge in [-0.15, -0.1) is 0 Å². The highest BCUT2D eigenvalue weighted by Crippen LogP contribution is 2.40. The van der Waals surface area contributed by atoms with Crippen molar-refractivity contribution in [1.82, 2.24) is 24.1 Å². The fraction of sp³-hybridized carbons (Fsp3) is 0. The average Bonchev–Trinajstić information content (AvgIpc) is 3.98. The highest BCUT2D eigenvalue weighted by Gasteiger charge is 2.19. The zero-order valence-electron chi connectivity index (χ0n) is 39.1. The first-order chi connectivity index (χ1) is 35.7. The van der Waals surface area contributed by atoms with Crippen molar-refractivity contribution < 1.29 is 0 Å². The first kappa shape index (κ1) is 41.3. The largest absolute Gasteiger partial charge is 0.309 e. The van der Waals surface area contributed by atoms with E-state index >= 15 is 0 Å². The lowest BCUT2D eigenvalue weighted by atomic mass is 9.94. The van der Waals surface area contributed by atoms with Gasteiger partial charge in [0.05, 0.1) is 27.8 Å². The molecular formula is C67H43N5. The lowest BCUT2D eigenvalue weighted by Gasteiger charge is -2.17. The summed E-state index contributed by atoms with van der Waals surface area (Å²) in [6.07, 6.45) is 0. The van der Waals surface area contributed by atoms with Gasteiger partial charge in [-0.25, -0.2) is 15.0 Å². The number of para-hydroxylation sites is 4. The summed E-state index contributed by atoms with van der Waals surface area (Å²) in [6.45, 7) is 0. The molecule has 0 spiro atoms. The lowest BCUT2D eigenvalue weighted by molar-refractivity contribution is 1.07. The fourth-order valence-corrected chi connectivity index (χ4v) is 10.7. The van der Waals surface area contributed by atoms with Crippen molar-refractivity contribution in [3.8, 4) is 78.9 Å². The zero-order valence-corrected chi connectivity index (χ0v) is 39.1. The molecule has 72 heavy (non-hydrogen) atoms. The van der Waals surface area contributed by atoms with Gasteiger partial charge in [0.15, 0.2) is 17.5 Å². The number of rotatable bonds is 8. The first-order valence-corrected chi connectivity index (χ1v) is 24.4. The molecule has 0 fully saturated rings. The summed E-state index contributed by atoms with van der Waals surface area (Å²) in [6, 6.07) is 93.2. The quantitative estimate of drug-likeness (QED) is 0.153. The smallest absolute Gasteiger partial charge is 0.164 e. The van der Waals surface area contributed by atoms with E-state index in [4.69, 9.17) is 15.0 Å². The van der Waals surface area contributed by atoms with Crippen LogP contribution in [-0.4, -0.2) is 24.1 Å². The monoisotopic (exact) mass is 917 g/mol. The minimum Gasteiger partial charge on any atom is -0.309 e. The first-order valence-electron chi connectivity index (χ1n) is 24.4. The van der Waals surface area contributed by atoms with E-state index < -0.39 is 0 Å². The average molecular weight is 918 g/mol. The van der Waals surface area contributed by atoms with E-state index in [1.807, 2.05) is 18.2 Å². The number of aromatic nitrogens is 5. The van der Waals surface area contributed by atoms with E-state index in [9.17, 15) is 0 Å². The molecule has 11 aromatic carbocycles. The van der Waals surface area contributed by atoms with Crippen molar-refractivity contribution in [3.63, 3.8) is 0 Å². The van der Waals surface area contributed by atoms with Gasteiger partial charge < -0.3 is 9.13 Å². The Balaban J connectivity index is 0.916. The molecule has 0 unspecified atom stereocenters. The second kappa shape index (κ2) is 17.1. The molecule has 0 aliphatic rings. The topological polar surface area (TPSA) is 48.5 Å². The number of hydrogen-bond acceptors (Lipinski definition) is 3. The summed E-state index contributed by atoms with van der Waals surface area (Å²) in [5.41, 5.74) is 16.5. The Morgan fingerprint density at radius 2 is 0.653 bits per heavy atom. The van der Waals surface area contributed by atoms with Crippen LogP contribution in [0.2, 0.25) is 0 Å². The third kappa shape index (κ3) is 7.06. The number of nitrogens with zero attached hydrogens (tertiary/aromatic N) is 5. The lowest BCUT2D eigenvalue weighted by Crippen LogP contribution is -2.01. The van der Waals surface area contributed by atoms with Crippen molar-refractivity contribution in [2.75, 3.05) is 0 Å². The van der Waals surface area contributed by atoms with E-state index in [-0.39, 0.29) is 0 Å². The third-order valence-electron chi connectivity index (χ3n) is 14.1. The van der Waals surface area contributed by atoms with Gasteiger partial charge in [-0.3, -0.25) is 0 Å². The van der Waals surface area contributed by atoms with Crippen LogP contribution in [0, 0.1) is 0 Å². The minimum absolute atomic E-state index is 0.612. The van der Waals surface area contributed by atoms with E-state index in [2.05, 4.69) is 252 Å². The fourth-order valence-electron chi connectivity index (χ4n) is 10.7. The molecule has 0 saturated carbocycles. The second-order valence-electron chi connectivity index (χ2n) is 18.4. The van der Waals surface area contributed by atoms with Crippen molar-refractivity contribution in [2.24, 2.45) is 0 Å². The molecular weight excluding hydrogens is 875 g/mol. The number of fused-ring (bicyclic) bond motifs is 7. The van der Waals surface area contributed by atoms with Gasteiger partial charge in [-0.1, -0.05) is 200 Å². The predicted octanol–water partition coefficient (Wildman–Crippen LogP) is 17.2. The molecule has 5 heteroatoms. The molecule has 3 heterocycles. The molecule has 3 aromatic heterocycles. The Hall–Kier alpha value is -9.71. The Morgan fingerprint density at radius 1 is 0.236 bits per heavy atom. The van der Waals surface area contributed by atoms with Crippen LogP contribution in [0.1, 0.15) is 0 Å². The molecule has 5 nitrogen and oxygen atoms in total. The van der Waals surface area contributed by atoms with Crippen LogP contribution in [0.4, 0.5) is 0 Å². The van der Waals surface area contributed by atoms with Crippen LogP contribution in [0.5, 0.6) is 0 Å². The molecule has 14 aromatic rings. The van der Waals surface area contributed by atoms with Crippen molar-refractivity contribution in [3.05, 3.63) is 261 Å². The van der Waals surface area contributed by atoms with Gasteiger partial charge in [0.1, 0.15) is 0 Å². The maximum Gasteiger partial charge on any atom is 0.164 e. The molecule has 0 aliphatic carbocycles. The summed E-state index contributed by atoms with van der Waals surface area (Å²) in [5, 5.41) is 7.11. The van der Waals surface area contributed by atoms with Crippen molar-refractivity contribution in [2.45, 2.75) is 0 Å². The summed E-state index contributed by atoms with van der Waals surface area (Å²) in [5.74, 6) is 1.85. The third-order valence-corrected chi connectivity index (χ3v) is 14.1. The van der Waals surface area contributed by atoms with Crippen molar-refractivity contribution in [1.29, 1.82) is 0 Å². The predicted molar refractivity (Wildman–Crippen MR) is 299 cm³/mol. The van der Waals surface area contributed by atoms with Crippen LogP contribution in [0.25, 0.3) is 133 Å². The molecule has 0 saturated heterocycles. The number of benzene rings is 11. The molecule has 336 valence electrons. The van der Waals surface area contributed by atoms with Gasteiger partial charge in [0.25, 0.3) is 0 Å². The maximum absolute atomic E-state index is 5.27. The maximum atomic E-state index is 5.27. The highest BCUT2D eigenvalue weighted by atomic mass is 15.0. The van der Waals surface area contributed by atoms with E-state index in [1.165, 1.54) is 43.7 Å². The highest BCUT2D eigenvalue weighted by molar-refractivity contribution is 6.11. The van der Waals surface area contributed by atoms with Gasteiger partial charge in [-0.2, -0.15) is 0 Å². The molecule has 0 aliphatic heterocycles. The van der Waals surface area contributed by atoms with Crippen LogP contribution < -0.4 is 0 Å². The summed E-state index contributed by atoms with van der Waals surface area (Å²) in [4.78, 5) is 15.6. The second-order valence-corrected chi connectivity index (χ2v) is 18.4. The molecule has 0 radical (unpaired) electrons. The van der Waals surface area contributed by atoms with Crippen LogP contribution in [0.3, 0.4) is 0 Å². The van der Waals surface area contributed by atoms with Crippen molar-refractivity contribution >= 4 is 54.4 Å². The normalized spacial score (nSPS) is 11.6. The van der Waals surface area contributed by atoms with E-state index in [0.717, 1.165) is 72.1 Å². The summed E-state index contributed by atoms with van der Waals surface area (Å²) in [7, 11) is 0. The Bertz CT molecular complexity index is 4290. The molecule has 0 N–H and O–H groups in total. The Labute approximate surface area is 416 Å². The van der Waals surface area contributed by atoms with Gasteiger partial charge >= 0.3 is 0 Å². The number of hydrogen-bond donors (Lipinski definition) is 0. The SMILES string of the molecule is c1ccc(-c2cccc(-c3ccc(-c4ccc5ccc(-c6nc(-c7ccccc7)nc(-c7cccc(-n8c9ccccc9c9ccccc98)c7)n6)cc5c4)c(-n4c5ccccc5c5ccccc54)c3)c2)cc1.